The number of aromatic nitrogens is 1. The van der Waals surface area contributed by atoms with Crippen molar-refractivity contribution in [2.24, 2.45) is 0 Å². The van der Waals surface area contributed by atoms with Crippen molar-refractivity contribution in [2.75, 3.05) is 0 Å². The van der Waals surface area contributed by atoms with Gasteiger partial charge in [-0.15, -0.1) is 0 Å². The Hall–Kier alpha value is -2.80. The summed E-state index contributed by atoms with van der Waals surface area (Å²) in [7, 11) is 0. The van der Waals surface area contributed by atoms with E-state index in [-0.39, 0.29) is 0 Å². The zero-order chi connectivity index (χ0) is 20.8. The molecule has 1 nitrogen and oxygen atoms in total. The Labute approximate surface area is 181 Å². The Bertz CT molecular complexity index is 1070. The second-order valence-corrected chi connectivity index (χ2v) is 8.49. The first-order valence-corrected chi connectivity index (χ1v) is 11.4. The van der Waals surface area contributed by atoms with E-state index in [1.165, 1.54) is 65.4 Å². The molecule has 0 saturated heterocycles. The van der Waals surface area contributed by atoms with Crippen molar-refractivity contribution in [3.63, 3.8) is 0 Å². The fraction of sp³-hybridized carbons (Fsp3) is 0.310. The summed E-state index contributed by atoms with van der Waals surface area (Å²) in [6.07, 6.45) is 7.36. The summed E-state index contributed by atoms with van der Waals surface area (Å²) in [6, 6.07) is 28.8. The van der Waals surface area contributed by atoms with E-state index in [2.05, 4.69) is 97.3 Å². The van der Waals surface area contributed by atoms with Crippen molar-refractivity contribution >= 4 is 10.9 Å². The van der Waals surface area contributed by atoms with Crippen LogP contribution >= 0.6 is 0 Å². The lowest BCUT2D eigenvalue weighted by Crippen LogP contribution is -2.07. The maximum atomic E-state index is 2.58. The number of nitrogens with zero attached hydrogens (tertiary/aromatic N) is 1. The standard InChI is InChI=1S/C29H33N/c1-3-4-5-12-17-26-27-20-23(2)18-19-28(27)30(22-25-15-10-7-11-16-25)29(26)21-24-13-8-6-9-14-24/h6-11,13-16,18-20H,3-5,12,17,21-22H2,1-2H3. The molecule has 30 heavy (non-hydrogen) atoms. The van der Waals surface area contributed by atoms with Crippen molar-refractivity contribution in [3.8, 4) is 0 Å². The first-order valence-electron chi connectivity index (χ1n) is 11.4. The molecule has 0 bridgehead atoms. The Morgan fingerprint density at radius 3 is 2.13 bits per heavy atom. The van der Waals surface area contributed by atoms with E-state index in [4.69, 9.17) is 0 Å². The van der Waals surface area contributed by atoms with Crippen LogP contribution in [-0.2, 0) is 19.4 Å². The van der Waals surface area contributed by atoms with E-state index in [9.17, 15) is 0 Å². The summed E-state index contributed by atoms with van der Waals surface area (Å²) >= 11 is 0. The molecule has 4 rings (SSSR count). The Kier molecular flexibility index (Phi) is 6.69. The molecule has 0 saturated carbocycles. The van der Waals surface area contributed by atoms with Crippen LogP contribution in [0, 0.1) is 6.92 Å². The number of benzene rings is 3. The molecular formula is C29H33N. The van der Waals surface area contributed by atoms with Crippen LogP contribution < -0.4 is 0 Å². The van der Waals surface area contributed by atoms with Gasteiger partial charge in [-0.1, -0.05) is 98.5 Å². The van der Waals surface area contributed by atoms with Gasteiger partial charge < -0.3 is 4.57 Å². The minimum atomic E-state index is 0.928. The Morgan fingerprint density at radius 1 is 0.733 bits per heavy atom. The highest BCUT2D eigenvalue weighted by molar-refractivity contribution is 5.86. The first kappa shape index (κ1) is 20.5. The van der Waals surface area contributed by atoms with E-state index in [1.807, 2.05) is 0 Å². The maximum absolute atomic E-state index is 2.58. The van der Waals surface area contributed by atoms with Gasteiger partial charge in [0, 0.05) is 29.6 Å². The molecule has 0 N–H and O–H groups in total. The second-order valence-electron chi connectivity index (χ2n) is 8.49. The van der Waals surface area contributed by atoms with Crippen LogP contribution in [0.3, 0.4) is 0 Å². The molecule has 0 spiro atoms. The molecule has 3 aromatic carbocycles. The van der Waals surface area contributed by atoms with E-state index < -0.39 is 0 Å². The van der Waals surface area contributed by atoms with Gasteiger partial charge in [0.05, 0.1) is 0 Å². The molecule has 1 heterocycles. The summed E-state index contributed by atoms with van der Waals surface area (Å²) in [5.41, 5.74) is 8.52. The lowest BCUT2D eigenvalue weighted by atomic mass is 9.99. The third-order valence-electron chi connectivity index (χ3n) is 6.12. The van der Waals surface area contributed by atoms with Gasteiger partial charge in [0.25, 0.3) is 0 Å². The highest BCUT2D eigenvalue weighted by Gasteiger charge is 2.18. The van der Waals surface area contributed by atoms with E-state index in [0.717, 1.165) is 13.0 Å². The number of aryl methyl sites for hydroxylation is 2. The van der Waals surface area contributed by atoms with Gasteiger partial charge in [0.1, 0.15) is 0 Å². The highest BCUT2D eigenvalue weighted by Crippen LogP contribution is 2.31. The van der Waals surface area contributed by atoms with Crippen LogP contribution in [0.1, 0.15) is 60.6 Å². The fourth-order valence-electron chi connectivity index (χ4n) is 4.54. The number of rotatable bonds is 9. The zero-order valence-electron chi connectivity index (χ0n) is 18.4. The normalized spacial score (nSPS) is 11.3. The predicted octanol–water partition coefficient (Wildman–Crippen LogP) is 7.71. The number of fused-ring (bicyclic) bond motifs is 1. The first-order chi connectivity index (χ1) is 14.8. The van der Waals surface area contributed by atoms with E-state index >= 15 is 0 Å². The van der Waals surface area contributed by atoms with E-state index in [0.29, 0.717) is 0 Å². The molecule has 1 aromatic heterocycles. The molecule has 0 fully saturated rings. The molecule has 0 aliphatic heterocycles. The molecule has 4 aromatic rings. The fourth-order valence-corrected chi connectivity index (χ4v) is 4.54. The van der Waals surface area contributed by atoms with Crippen LogP contribution in [0.5, 0.6) is 0 Å². The summed E-state index contributed by atoms with van der Waals surface area (Å²) in [5.74, 6) is 0. The van der Waals surface area contributed by atoms with Crippen LogP contribution in [0.2, 0.25) is 0 Å². The van der Waals surface area contributed by atoms with Gasteiger partial charge >= 0.3 is 0 Å². The molecular weight excluding hydrogens is 362 g/mol. The van der Waals surface area contributed by atoms with Crippen LogP contribution in [0.4, 0.5) is 0 Å². The molecule has 154 valence electrons. The number of hydrogen-bond acceptors (Lipinski definition) is 0. The number of unbranched alkanes of at least 4 members (excludes halogenated alkanes) is 3. The van der Waals surface area contributed by atoms with Crippen LogP contribution in [0.15, 0.2) is 78.9 Å². The zero-order valence-corrected chi connectivity index (χ0v) is 18.4. The lowest BCUT2D eigenvalue weighted by Gasteiger charge is -2.13. The summed E-state index contributed by atoms with van der Waals surface area (Å²) < 4.78 is 2.58. The van der Waals surface area contributed by atoms with Gasteiger partial charge in [-0.3, -0.25) is 0 Å². The van der Waals surface area contributed by atoms with Gasteiger partial charge in [-0.25, -0.2) is 0 Å². The molecule has 0 unspecified atom stereocenters. The largest absolute Gasteiger partial charge is 0.340 e. The molecule has 0 amide bonds. The average molecular weight is 396 g/mol. The summed E-state index contributed by atoms with van der Waals surface area (Å²) in [4.78, 5) is 0. The molecule has 0 aliphatic carbocycles. The quantitative estimate of drug-likeness (QED) is 0.256. The van der Waals surface area contributed by atoms with Gasteiger partial charge in [-0.05, 0) is 48.6 Å². The second kappa shape index (κ2) is 9.80. The summed E-state index contributed by atoms with van der Waals surface area (Å²) in [6.45, 7) is 5.43. The van der Waals surface area contributed by atoms with E-state index in [1.54, 1.807) is 5.56 Å². The minimum Gasteiger partial charge on any atom is -0.340 e. The molecule has 0 radical (unpaired) electrons. The Balaban J connectivity index is 1.82. The SMILES string of the molecule is CCCCCCc1c(Cc2ccccc2)n(Cc2ccccc2)c2ccc(C)cc12. The number of hydrogen-bond donors (Lipinski definition) is 0. The Morgan fingerprint density at radius 2 is 1.43 bits per heavy atom. The third-order valence-corrected chi connectivity index (χ3v) is 6.12. The van der Waals surface area contributed by atoms with Crippen molar-refractivity contribution in [1.82, 2.24) is 4.57 Å². The van der Waals surface area contributed by atoms with Crippen LogP contribution in [-0.4, -0.2) is 4.57 Å². The highest BCUT2D eigenvalue weighted by atomic mass is 15.0. The molecule has 1 heteroatoms. The van der Waals surface area contributed by atoms with Crippen molar-refractivity contribution in [2.45, 2.75) is 58.9 Å². The average Bonchev–Trinajstić information content (AvgIpc) is 3.04. The van der Waals surface area contributed by atoms with Crippen molar-refractivity contribution in [3.05, 3.63) is 107 Å². The van der Waals surface area contributed by atoms with Crippen molar-refractivity contribution < 1.29 is 0 Å². The minimum absolute atomic E-state index is 0.928. The smallest absolute Gasteiger partial charge is 0.0488 e. The lowest BCUT2D eigenvalue weighted by molar-refractivity contribution is 0.662. The van der Waals surface area contributed by atoms with Gasteiger partial charge in [0.2, 0.25) is 0 Å². The maximum Gasteiger partial charge on any atom is 0.0488 e. The van der Waals surface area contributed by atoms with Crippen LogP contribution in [0.25, 0.3) is 10.9 Å². The van der Waals surface area contributed by atoms with Crippen molar-refractivity contribution in [1.29, 1.82) is 0 Å². The monoisotopic (exact) mass is 395 g/mol. The van der Waals surface area contributed by atoms with Gasteiger partial charge in [-0.2, -0.15) is 0 Å². The molecule has 0 atom stereocenters. The molecule has 0 aliphatic rings. The predicted molar refractivity (Wildman–Crippen MR) is 129 cm³/mol. The van der Waals surface area contributed by atoms with Gasteiger partial charge in [0.15, 0.2) is 0 Å². The topological polar surface area (TPSA) is 4.93 Å². The summed E-state index contributed by atoms with van der Waals surface area (Å²) in [5, 5.41) is 1.45. The third kappa shape index (κ3) is 4.67.